The maximum absolute atomic E-state index is 13.1. The van der Waals surface area contributed by atoms with Crippen molar-refractivity contribution < 1.29 is 34.3 Å². The van der Waals surface area contributed by atoms with E-state index in [1.54, 1.807) is 0 Å². The van der Waals surface area contributed by atoms with Gasteiger partial charge in [-0.3, -0.25) is 4.79 Å². The van der Waals surface area contributed by atoms with Gasteiger partial charge in [-0.25, -0.2) is 0 Å². The summed E-state index contributed by atoms with van der Waals surface area (Å²) in [6.45, 7) is 15.8. The Morgan fingerprint density at radius 1 is 0.921 bits per heavy atom. The van der Waals surface area contributed by atoms with Gasteiger partial charge in [-0.1, -0.05) is 41.5 Å². The summed E-state index contributed by atoms with van der Waals surface area (Å²) in [7, 11) is 0. The highest BCUT2D eigenvalue weighted by molar-refractivity contribution is 5.74. The van der Waals surface area contributed by atoms with Crippen LogP contribution in [0.1, 0.15) is 87.0 Å². The zero-order valence-electron chi connectivity index (χ0n) is 24.6. The summed E-state index contributed by atoms with van der Waals surface area (Å²) in [6, 6.07) is 0. The average molecular weight is 537 g/mol. The zero-order valence-corrected chi connectivity index (χ0v) is 24.6. The van der Waals surface area contributed by atoms with Crippen LogP contribution in [0.15, 0.2) is 0 Å². The van der Waals surface area contributed by atoms with Gasteiger partial charge in [0, 0.05) is 0 Å². The first-order valence-electron chi connectivity index (χ1n) is 15.2. The molecule has 14 atom stereocenters. The van der Waals surface area contributed by atoms with Crippen molar-refractivity contribution in [2.75, 3.05) is 13.2 Å². The van der Waals surface area contributed by atoms with Crippen molar-refractivity contribution in [2.24, 2.45) is 58.2 Å². The van der Waals surface area contributed by atoms with Crippen LogP contribution in [0.4, 0.5) is 0 Å². The fourth-order valence-electron chi connectivity index (χ4n) is 9.93. The van der Waals surface area contributed by atoms with E-state index in [2.05, 4.69) is 41.5 Å². The summed E-state index contributed by atoms with van der Waals surface area (Å²) in [5.74, 6) is 0.964. The number of aliphatic hydroxyl groups excluding tert-OH is 3. The molecular formula is C31H52O7. The van der Waals surface area contributed by atoms with E-state index >= 15 is 0 Å². The molecule has 0 aromatic rings. The SMILES string of the molecule is CC(C)[C@H](C)[C@H]1OC(C)(CO)O[C@@H]1[C@@H](C)[C@H]1CC[C@H]2[C@@H]3COC(=O)[C@H]4C[C@H](O)[C@H](O)C[C@]4(C)[C@H]3CC[C@]12C. The third-order valence-corrected chi connectivity index (χ3v) is 12.5. The van der Waals surface area contributed by atoms with Crippen LogP contribution in [-0.4, -0.2) is 64.7 Å². The van der Waals surface area contributed by atoms with E-state index in [9.17, 15) is 20.1 Å². The van der Waals surface area contributed by atoms with Gasteiger partial charge in [-0.15, -0.1) is 0 Å². The number of fused-ring (bicyclic) bond motifs is 5. The topological polar surface area (TPSA) is 105 Å². The van der Waals surface area contributed by atoms with Gasteiger partial charge in [0.05, 0.1) is 43.5 Å². The normalized spacial score (nSPS) is 52.5. The second kappa shape index (κ2) is 9.97. The molecule has 2 aliphatic heterocycles. The first kappa shape index (κ1) is 28.8. The van der Waals surface area contributed by atoms with Gasteiger partial charge < -0.3 is 29.5 Å². The highest BCUT2D eigenvalue weighted by Crippen LogP contribution is 2.66. The van der Waals surface area contributed by atoms with Gasteiger partial charge in [0.1, 0.15) is 0 Å². The second-order valence-electron chi connectivity index (χ2n) is 14.8. The molecule has 0 spiro atoms. The third kappa shape index (κ3) is 4.38. The molecule has 5 fully saturated rings. The summed E-state index contributed by atoms with van der Waals surface area (Å²) < 4.78 is 18.9. The van der Waals surface area contributed by atoms with Crippen molar-refractivity contribution in [1.82, 2.24) is 0 Å². The number of carbonyl (C=O) groups is 1. The summed E-state index contributed by atoms with van der Waals surface area (Å²) in [5, 5.41) is 31.1. The van der Waals surface area contributed by atoms with E-state index in [-0.39, 0.29) is 53.4 Å². The van der Waals surface area contributed by atoms with Gasteiger partial charge in [0.2, 0.25) is 0 Å². The van der Waals surface area contributed by atoms with Gasteiger partial charge in [-0.2, -0.15) is 0 Å². The van der Waals surface area contributed by atoms with Crippen molar-refractivity contribution >= 4 is 5.97 Å². The van der Waals surface area contributed by atoms with Gasteiger partial charge in [0.15, 0.2) is 5.79 Å². The Morgan fingerprint density at radius 3 is 2.24 bits per heavy atom. The number of ether oxygens (including phenoxy) is 3. The van der Waals surface area contributed by atoms with Crippen molar-refractivity contribution in [1.29, 1.82) is 0 Å². The lowest BCUT2D eigenvalue weighted by Gasteiger charge is -2.56. The van der Waals surface area contributed by atoms with Crippen LogP contribution >= 0.6 is 0 Å². The van der Waals surface area contributed by atoms with E-state index in [1.807, 2.05) is 6.92 Å². The van der Waals surface area contributed by atoms with Crippen molar-refractivity contribution in [2.45, 2.75) is 117 Å². The number of hydrogen-bond acceptors (Lipinski definition) is 7. The predicted molar refractivity (Wildman–Crippen MR) is 143 cm³/mol. The molecule has 3 aliphatic carbocycles. The average Bonchev–Trinajstić information content (AvgIpc) is 3.38. The molecule has 3 saturated carbocycles. The van der Waals surface area contributed by atoms with E-state index < -0.39 is 18.0 Å². The minimum absolute atomic E-state index is 0.0604. The smallest absolute Gasteiger partial charge is 0.309 e. The predicted octanol–water partition coefficient (Wildman–Crippen LogP) is 4.16. The van der Waals surface area contributed by atoms with E-state index in [0.29, 0.717) is 49.0 Å². The number of esters is 1. The molecule has 1 unspecified atom stereocenters. The van der Waals surface area contributed by atoms with Crippen molar-refractivity contribution in [3.05, 3.63) is 0 Å². The Kier molecular flexibility index (Phi) is 7.55. The number of cyclic esters (lactones) is 1. The standard InChI is InChI=1S/C31H52O7/c1-16(2)17(3)26-27(38-31(7,15-32)37-26)18(4)20-8-9-21-19-14-36-28(35)23-12-24(33)25(34)13-30(23,6)22(19)10-11-29(20,21)5/h16-27,32-34H,8-15H2,1-7H3/t17-,18-,19-,20+,21-,22-,23+,24-,25+,26+,27+,29+,30+,31?/m0/s1. The Labute approximate surface area is 229 Å². The van der Waals surface area contributed by atoms with Crippen LogP contribution in [0.3, 0.4) is 0 Å². The third-order valence-electron chi connectivity index (χ3n) is 12.5. The molecule has 5 rings (SSSR count). The number of rotatable bonds is 5. The summed E-state index contributed by atoms with van der Waals surface area (Å²) in [4.78, 5) is 13.1. The molecule has 0 amide bonds. The minimum Gasteiger partial charge on any atom is -0.465 e. The Balaban J connectivity index is 1.41. The zero-order chi connectivity index (χ0) is 27.8. The summed E-state index contributed by atoms with van der Waals surface area (Å²) in [5.41, 5.74) is -0.256. The lowest BCUT2D eigenvalue weighted by atomic mass is 9.48. The van der Waals surface area contributed by atoms with Crippen molar-refractivity contribution in [3.63, 3.8) is 0 Å². The quantitative estimate of drug-likeness (QED) is 0.453. The van der Waals surface area contributed by atoms with Crippen LogP contribution in [0.2, 0.25) is 0 Å². The molecule has 3 N–H and O–H groups in total. The van der Waals surface area contributed by atoms with Crippen LogP contribution in [0.5, 0.6) is 0 Å². The second-order valence-corrected chi connectivity index (χ2v) is 14.8. The van der Waals surface area contributed by atoms with Gasteiger partial charge in [-0.05, 0) is 97.7 Å². The molecular weight excluding hydrogens is 484 g/mol. The van der Waals surface area contributed by atoms with Crippen LogP contribution in [-0.2, 0) is 19.0 Å². The Hall–Kier alpha value is -0.730. The number of aliphatic hydroxyl groups is 3. The number of hydrogen-bond donors (Lipinski definition) is 3. The number of carbonyl (C=O) groups excluding carboxylic acids is 1. The van der Waals surface area contributed by atoms with E-state index in [4.69, 9.17) is 14.2 Å². The highest BCUT2D eigenvalue weighted by atomic mass is 16.8. The lowest BCUT2D eigenvalue weighted by Crippen LogP contribution is -2.55. The largest absolute Gasteiger partial charge is 0.465 e. The maximum Gasteiger partial charge on any atom is 0.309 e. The molecule has 218 valence electrons. The molecule has 0 aromatic carbocycles. The molecule has 0 aromatic heterocycles. The van der Waals surface area contributed by atoms with Crippen LogP contribution in [0.25, 0.3) is 0 Å². The Morgan fingerprint density at radius 2 is 1.58 bits per heavy atom. The summed E-state index contributed by atoms with van der Waals surface area (Å²) in [6.07, 6.45) is 3.27. The molecule has 38 heavy (non-hydrogen) atoms. The van der Waals surface area contributed by atoms with Gasteiger partial charge in [0.25, 0.3) is 0 Å². The summed E-state index contributed by atoms with van der Waals surface area (Å²) >= 11 is 0. The van der Waals surface area contributed by atoms with E-state index in [0.717, 1.165) is 25.7 Å². The molecule has 0 radical (unpaired) electrons. The maximum atomic E-state index is 13.1. The molecule has 0 bridgehead atoms. The van der Waals surface area contributed by atoms with Crippen molar-refractivity contribution in [3.8, 4) is 0 Å². The minimum atomic E-state index is -0.964. The fourth-order valence-corrected chi connectivity index (χ4v) is 9.93. The highest BCUT2D eigenvalue weighted by Gasteiger charge is 2.64. The molecule has 7 heteroatoms. The Bertz CT molecular complexity index is 893. The fraction of sp³-hybridized carbons (Fsp3) is 0.968. The molecule has 2 saturated heterocycles. The van der Waals surface area contributed by atoms with E-state index in [1.165, 1.54) is 0 Å². The monoisotopic (exact) mass is 536 g/mol. The molecule has 5 aliphatic rings. The first-order chi connectivity index (χ1) is 17.8. The first-order valence-corrected chi connectivity index (χ1v) is 15.2. The molecule has 2 heterocycles. The lowest BCUT2D eigenvalue weighted by molar-refractivity contribution is -0.193. The molecule has 7 nitrogen and oxygen atoms in total. The van der Waals surface area contributed by atoms with Crippen LogP contribution < -0.4 is 0 Å². The van der Waals surface area contributed by atoms with Gasteiger partial charge >= 0.3 is 5.97 Å². The van der Waals surface area contributed by atoms with Crippen LogP contribution in [0, 0.1) is 58.2 Å².